The molecule has 0 bridgehead atoms. The minimum atomic E-state index is -0.887. The predicted octanol–water partition coefficient (Wildman–Crippen LogP) is 2.08. The van der Waals surface area contributed by atoms with Crippen molar-refractivity contribution in [3.63, 3.8) is 0 Å². The Bertz CT molecular complexity index is 344. The summed E-state index contributed by atoms with van der Waals surface area (Å²) in [6.45, 7) is 1.79. The Morgan fingerprint density at radius 1 is 1.50 bits per heavy atom. The van der Waals surface area contributed by atoms with Crippen molar-refractivity contribution in [1.82, 2.24) is 0 Å². The summed E-state index contributed by atoms with van der Waals surface area (Å²) in [5, 5.41) is 8.93. The van der Waals surface area contributed by atoms with Crippen LogP contribution in [0.25, 0.3) is 0 Å². The van der Waals surface area contributed by atoms with E-state index in [0.717, 1.165) is 0 Å². The van der Waals surface area contributed by atoms with Gasteiger partial charge in [-0.15, -0.1) is 0 Å². The smallest absolute Gasteiger partial charge is 0.310 e. The van der Waals surface area contributed by atoms with Gasteiger partial charge in [-0.25, -0.2) is 0 Å². The molecule has 0 aliphatic rings. The monoisotopic (exact) mass is 192 g/mol. The van der Waals surface area contributed by atoms with E-state index in [0.29, 0.717) is 23.8 Å². The zero-order valence-corrected chi connectivity index (χ0v) is 7.93. The summed E-state index contributed by atoms with van der Waals surface area (Å²) >= 11 is 0. The SMILES string of the molecule is CCC(C(=O)O)c1ccccc1C=O. The molecule has 0 saturated heterocycles. The molecule has 0 aliphatic carbocycles. The molecule has 0 saturated carbocycles. The van der Waals surface area contributed by atoms with Gasteiger partial charge in [-0.3, -0.25) is 9.59 Å². The number of carboxylic acids is 1. The van der Waals surface area contributed by atoms with Crippen molar-refractivity contribution in [3.8, 4) is 0 Å². The second-order valence-corrected chi connectivity index (χ2v) is 3.05. The van der Waals surface area contributed by atoms with Crippen LogP contribution in [0, 0.1) is 0 Å². The molecule has 0 heterocycles. The van der Waals surface area contributed by atoms with Gasteiger partial charge in [0.2, 0.25) is 0 Å². The number of hydrogen-bond donors (Lipinski definition) is 1. The van der Waals surface area contributed by atoms with Gasteiger partial charge < -0.3 is 5.11 Å². The summed E-state index contributed by atoms with van der Waals surface area (Å²) in [6.07, 6.45) is 1.18. The van der Waals surface area contributed by atoms with E-state index in [1.165, 1.54) is 0 Å². The first kappa shape index (κ1) is 10.4. The van der Waals surface area contributed by atoms with E-state index in [2.05, 4.69) is 0 Å². The molecule has 0 aliphatic heterocycles. The Morgan fingerprint density at radius 2 is 2.14 bits per heavy atom. The molecular formula is C11H12O3. The third-order valence-electron chi connectivity index (χ3n) is 2.20. The van der Waals surface area contributed by atoms with E-state index >= 15 is 0 Å². The van der Waals surface area contributed by atoms with E-state index in [1.807, 2.05) is 0 Å². The molecule has 3 nitrogen and oxygen atoms in total. The highest BCUT2D eigenvalue weighted by molar-refractivity contribution is 5.83. The first-order chi connectivity index (χ1) is 6.70. The molecule has 0 spiro atoms. The molecule has 1 atom stereocenters. The molecule has 1 aromatic carbocycles. The van der Waals surface area contributed by atoms with Crippen LogP contribution in [0.2, 0.25) is 0 Å². The number of carbonyl (C=O) groups is 2. The average Bonchev–Trinajstić information content (AvgIpc) is 2.19. The van der Waals surface area contributed by atoms with Gasteiger partial charge in [0.05, 0.1) is 5.92 Å². The normalized spacial score (nSPS) is 12.1. The Balaban J connectivity index is 3.15. The van der Waals surface area contributed by atoms with Gasteiger partial charge >= 0.3 is 5.97 Å². The first-order valence-electron chi connectivity index (χ1n) is 4.47. The molecule has 0 fully saturated rings. The zero-order chi connectivity index (χ0) is 10.6. The summed E-state index contributed by atoms with van der Waals surface area (Å²) < 4.78 is 0. The van der Waals surface area contributed by atoms with Crippen molar-refractivity contribution in [3.05, 3.63) is 35.4 Å². The highest BCUT2D eigenvalue weighted by Crippen LogP contribution is 2.22. The van der Waals surface area contributed by atoms with Gasteiger partial charge in [0.15, 0.2) is 0 Å². The van der Waals surface area contributed by atoms with Crippen molar-refractivity contribution in [2.45, 2.75) is 19.3 Å². The number of hydrogen-bond acceptors (Lipinski definition) is 2. The van der Waals surface area contributed by atoms with Gasteiger partial charge in [0, 0.05) is 5.56 Å². The van der Waals surface area contributed by atoms with Gasteiger partial charge in [-0.2, -0.15) is 0 Å². The lowest BCUT2D eigenvalue weighted by Gasteiger charge is -2.11. The molecule has 0 aromatic heterocycles. The molecule has 74 valence electrons. The molecule has 1 rings (SSSR count). The Morgan fingerprint density at radius 3 is 2.64 bits per heavy atom. The molecular weight excluding hydrogens is 180 g/mol. The second-order valence-electron chi connectivity index (χ2n) is 3.05. The number of aldehydes is 1. The molecule has 3 heteroatoms. The molecule has 1 N–H and O–H groups in total. The van der Waals surface area contributed by atoms with Crippen molar-refractivity contribution < 1.29 is 14.7 Å². The fraction of sp³-hybridized carbons (Fsp3) is 0.273. The maximum Gasteiger partial charge on any atom is 0.310 e. The van der Waals surface area contributed by atoms with Crippen LogP contribution in [-0.4, -0.2) is 17.4 Å². The largest absolute Gasteiger partial charge is 0.481 e. The number of carboxylic acid groups (broad SMARTS) is 1. The summed E-state index contributed by atoms with van der Waals surface area (Å²) in [6, 6.07) is 6.79. The first-order valence-corrected chi connectivity index (χ1v) is 4.47. The van der Waals surface area contributed by atoms with Crippen LogP contribution in [0.15, 0.2) is 24.3 Å². The summed E-state index contributed by atoms with van der Waals surface area (Å²) in [5.41, 5.74) is 1.05. The Labute approximate surface area is 82.4 Å². The molecule has 0 amide bonds. The Hall–Kier alpha value is -1.64. The van der Waals surface area contributed by atoms with Crippen molar-refractivity contribution in [1.29, 1.82) is 0 Å². The highest BCUT2D eigenvalue weighted by atomic mass is 16.4. The third-order valence-corrected chi connectivity index (χ3v) is 2.20. The summed E-state index contributed by atoms with van der Waals surface area (Å²) in [7, 11) is 0. The van der Waals surface area contributed by atoms with Crippen LogP contribution in [0.4, 0.5) is 0 Å². The summed E-state index contributed by atoms with van der Waals surface area (Å²) in [5.74, 6) is -1.47. The number of benzene rings is 1. The lowest BCUT2D eigenvalue weighted by atomic mass is 9.93. The van der Waals surface area contributed by atoms with Crippen LogP contribution < -0.4 is 0 Å². The predicted molar refractivity (Wildman–Crippen MR) is 52.5 cm³/mol. The second kappa shape index (κ2) is 4.56. The van der Waals surface area contributed by atoms with Crippen LogP contribution in [0.3, 0.4) is 0 Å². The fourth-order valence-corrected chi connectivity index (χ4v) is 1.46. The lowest BCUT2D eigenvalue weighted by molar-refractivity contribution is -0.138. The number of aliphatic carboxylic acids is 1. The molecule has 0 radical (unpaired) electrons. The molecule has 14 heavy (non-hydrogen) atoms. The van der Waals surface area contributed by atoms with Crippen LogP contribution in [0.5, 0.6) is 0 Å². The number of rotatable bonds is 4. The minimum Gasteiger partial charge on any atom is -0.481 e. The van der Waals surface area contributed by atoms with Gasteiger partial charge in [0.1, 0.15) is 6.29 Å². The van der Waals surface area contributed by atoms with Crippen molar-refractivity contribution >= 4 is 12.3 Å². The van der Waals surface area contributed by atoms with Crippen LogP contribution in [-0.2, 0) is 4.79 Å². The third kappa shape index (κ3) is 1.99. The standard InChI is InChI=1S/C11H12O3/c1-2-9(11(13)14)10-6-4-3-5-8(10)7-12/h3-7,9H,2H2,1H3,(H,13,14). The van der Waals surface area contributed by atoms with E-state index in [9.17, 15) is 9.59 Å². The topological polar surface area (TPSA) is 54.4 Å². The van der Waals surface area contributed by atoms with E-state index < -0.39 is 11.9 Å². The van der Waals surface area contributed by atoms with Crippen molar-refractivity contribution in [2.24, 2.45) is 0 Å². The zero-order valence-electron chi connectivity index (χ0n) is 7.93. The fourth-order valence-electron chi connectivity index (χ4n) is 1.46. The van der Waals surface area contributed by atoms with E-state index in [1.54, 1.807) is 31.2 Å². The van der Waals surface area contributed by atoms with E-state index in [-0.39, 0.29) is 0 Å². The van der Waals surface area contributed by atoms with Crippen LogP contribution >= 0.6 is 0 Å². The van der Waals surface area contributed by atoms with E-state index in [4.69, 9.17) is 5.11 Å². The number of carbonyl (C=O) groups excluding carboxylic acids is 1. The quantitative estimate of drug-likeness (QED) is 0.743. The van der Waals surface area contributed by atoms with Crippen LogP contribution in [0.1, 0.15) is 35.2 Å². The summed E-state index contributed by atoms with van der Waals surface area (Å²) in [4.78, 5) is 21.6. The highest BCUT2D eigenvalue weighted by Gasteiger charge is 2.19. The lowest BCUT2D eigenvalue weighted by Crippen LogP contribution is -2.12. The maximum absolute atomic E-state index is 10.9. The van der Waals surface area contributed by atoms with Gasteiger partial charge in [-0.05, 0) is 12.0 Å². The van der Waals surface area contributed by atoms with Crippen molar-refractivity contribution in [2.75, 3.05) is 0 Å². The molecule has 1 aromatic rings. The van der Waals surface area contributed by atoms with Gasteiger partial charge in [0.25, 0.3) is 0 Å². The maximum atomic E-state index is 10.9. The molecule has 1 unspecified atom stereocenters. The average molecular weight is 192 g/mol. The Kier molecular flexibility index (Phi) is 3.40. The van der Waals surface area contributed by atoms with Gasteiger partial charge in [-0.1, -0.05) is 31.2 Å². The minimum absolute atomic E-state index is 0.460.